The monoisotopic (exact) mass is 237 g/mol. The van der Waals surface area contributed by atoms with E-state index in [4.69, 9.17) is 10.8 Å². The van der Waals surface area contributed by atoms with Gasteiger partial charge in [-0.25, -0.2) is 0 Å². The van der Waals surface area contributed by atoms with Gasteiger partial charge in [0, 0.05) is 6.07 Å². The fraction of sp³-hybridized carbons (Fsp3) is 0.333. The number of benzene rings is 1. The highest BCUT2D eigenvalue weighted by Gasteiger charge is 2.88. The maximum atomic E-state index is 12.5. The average Bonchev–Trinajstić information content (AvgIpc) is 2.54. The zero-order valence-electron chi connectivity index (χ0n) is 7.75. The third kappa shape index (κ3) is 1.35. The normalized spacial score (nSPS) is 21.8. The van der Waals surface area contributed by atoms with Crippen LogP contribution in [0.3, 0.4) is 0 Å². The van der Waals surface area contributed by atoms with Crippen molar-refractivity contribution < 1.29 is 27.4 Å². The van der Waals surface area contributed by atoms with E-state index in [0.717, 1.165) is 12.1 Å². The van der Waals surface area contributed by atoms with Gasteiger partial charge in [0.25, 0.3) is 0 Å². The van der Waals surface area contributed by atoms with Gasteiger partial charge in [-0.05, 0) is 12.1 Å². The van der Waals surface area contributed by atoms with E-state index in [-0.39, 0.29) is 11.4 Å². The number of hydrogen-bond donors (Lipinski definition) is 2. The molecule has 0 aromatic heterocycles. The van der Waals surface area contributed by atoms with Gasteiger partial charge in [-0.2, -0.15) is 17.6 Å². The van der Waals surface area contributed by atoms with Crippen LogP contribution in [0.15, 0.2) is 18.2 Å². The molecule has 0 unspecified atom stereocenters. The molecule has 1 saturated carbocycles. The molecular weight excluding hydrogens is 230 g/mol. The Hall–Kier alpha value is -1.66. The molecular formula is C9H7F4NO2. The van der Waals surface area contributed by atoms with Crippen LogP contribution < -0.4 is 10.5 Å². The van der Waals surface area contributed by atoms with Gasteiger partial charge in [0.15, 0.2) is 0 Å². The van der Waals surface area contributed by atoms with Crippen LogP contribution in [0, 0.1) is 0 Å². The molecule has 0 radical (unpaired) electrons. The molecule has 3 N–H and O–H groups in total. The summed E-state index contributed by atoms with van der Waals surface area (Å²) in [6.07, 6.45) is -2.48. The van der Waals surface area contributed by atoms with Crippen molar-refractivity contribution in [3.63, 3.8) is 0 Å². The maximum Gasteiger partial charge on any atom is 0.356 e. The number of halogens is 4. The lowest BCUT2D eigenvalue weighted by Crippen LogP contribution is -2.07. The summed E-state index contributed by atoms with van der Waals surface area (Å²) in [5, 5.41) is 9.11. The molecule has 0 heterocycles. The second-order valence-electron chi connectivity index (χ2n) is 3.46. The lowest BCUT2D eigenvalue weighted by molar-refractivity contribution is -0.0278. The van der Waals surface area contributed by atoms with Crippen LogP contribution in [-0.2, 0) is 0 Å². The minimum atomic E-state index is -4.16. The molecule has 0 saturated heterocycles. The Labute approximate surface area is 87.4 Å². The number of alkyl halides is 4. The molecule has 0 atom stereocenters. The van der Waals surface area contributed by atoms with Crippen LogP contribution in [0.5, 0.6) is 11.5 Å². The summed E-state index contributed by atoms with van der Waals surface area (Å²) < 4.78 is 54.3. The second-order valence-corrected chi connectivity index (χ2v) is 3.46. The van der Waals surface area contributed by atoms with Crippen LogP contribution in [0.25, 0.3) is 0 Å². The van der Waals surface area contributed by atoms with Gasteiger partial charge in [0.05, 0.1) is 5.69 Å². The van der Waals surface area contributed by atoms with E-state index >= 15 is 0 Å². The van der Waals surface area contributed by atoms with E-state index in [1.54, 1.807) is 0 Å². The number of aromatic hydroxyl groups is 1. The number of ether oxygens (including phenoxy) is 1. The largest absolute Gasteiger partial charge is 0.506 e. The Morgan fingerprint density at radius 3 is 2.19 bits per heavy atom. The molecule has 88 valence electrons. The SMILES string of the molecule is Nc1ccc(OC2C(F)(F)C2(F)F)cc1O. The fourth-order valence-corrected chi connectivity index (χ4v) is 1.20. The third-order valence-electron chi connectivity index (χ3n) is 2.28. The van der Waals surface area contributed by atoms with Crippen molar-refractivity contribution in [2.45, 2.75) is 17.9 Å². The molecule has 2 rings (SSSR count). The van der Waals surface area contributed by atoms with Crippen molar-refractivity contribution >= 4 is 5.69 Å². The lowest BCUT2D eigenvalue weighted by Gasteiger charge is -2.05. The van der Waals surface area contributed by atoms with E-state index in [1.165, 1.54) is 6.07 Å². The summed E-state index contributed by atoms with van der Waals surface area (Å²) in [7, 11) is 0. The number of hydrogen-bond acceptors (Lipinski definition) is 3. The van der Waals surface area contributed by atoms with Crippen LogP contribution in [-0.4, -0.2) is 23.1 Å². The molecule has 3 nitrogen and oxygen atoms in total. The summed E-state index contributed by atoms with van der Waals surface area (Å²) in [5.41, 5.74) is 5.24. The smallest absolute Gasteiger partial charge is 0.356 e. The molecule has 0 amide bonds. The predicted molar refractivity (Wildman–Crippen MR) is 46.8 cm³/mol. The molecule has 0 bridgehead atoms. The molecule has 1 aromatic rings. The van der Waals surface area contributed by atoms with Gasteiger partial charge in [0.2, 0.25) is 6.10 Å². The van der Waals surface area contributed by atoms with E-state index in [1.807, 2.05) is 0 Å². The topological polar surface area (TPSA) is 55.5 Å². The Morgan fingerprint density at radius 1 is 1.19 bits per heavy atom. The van der Waals surface area contributed by atoms with E-state index in [9.17, 15) is 17.6 Å². The van der Waals surface area contributed by atoms with Crippen molar-refractivity contribution in [1.82, 2.24) is 0 Å². The summed E-state index contributed by atoms with van der Waals surface area (Å²) in [5.74, 6) is -9.02. The van der Waals surface area contributed by atoms with Crippen LogP contribution >= 0.6 is 0 Å². The quantitative estimate of drug-likeness (QED) is 0.470. The highest BCUT2D eigenvalue weighted by molar-refractivity contribution is 5.54. The molecule has 1 aliphatic carbocycles. The summed E-state index contributed by atoms with van der Waals surface area (Å²) in [6.45, 7) is 0. The number of nitrogen functional groups attached to an aromatic ring is 1. The zero-order valence-corrected chi connectivity index (χ0v) is 7.75. The minimum Gasteiger partial charge on any atom is -0.506 e. The first kappa shape index (κ1) is 10.8. The number of phenolic OH excluding ortho intramolecular Hbond substituents is 1. The van der Waals surface area contributed by atoms with E-state index < -0.39 is 23.7 Å². The third-order valence-corrected chi connectivity index (χ3v) is 2.28. The number of rotatable bonds is 2. The molecule has 16 heavy (non-hydrogen) atoms. The van der Waals surface area contributed by atoms with Gasteiger partial charge >= 0.3 is 11.8 Å². The lowest BCUT2D eigenvalue weighted by atomic mass is 10.3. The molecule has 1 aromatic carbocycles. The first-order valence-electron chi connectivity index (χ1n) is 4.27. The number of nitrogens with two attached hydrogens (primary N) is 1. The molecule has 0 spiro atoms. The van der Waals surface area contributed by atoms with Gasteiger partial charge < -0.3 is 15.6 Å². The van der Waals surface area contributed by atoms with Gasteiger partial charge in [-0.3, -0.25) is 0 Å². The summed E-state index contributed by atoms with van der Waals surface area (Å²) in [4.78, 5) is 0. The van der Waals surface area contributed by atoms with Crippen LogP contribution in [0.1, 0.15) is 0 Å². The van der Waals surface area contributed by atoms with E-state index in [0.29, 0.717) is 0 Å². The highest BCUT2D eigenvalue weighted by atomic mass is 19.3. The Bertz CT molecular complexity index is 422. The van der Waals surface area contributed by atoms with E-state index in [2.05, 4.69) is 4.74 Å². The summed E-state index contributed by atoms with van der Waals surface area (Å²) >= 11 is 0. The Balaban J connectivity index is 2.15. The van der Waals surface area contributed by atoms with Gasteiger partial charge in [-0.1, -0.05) is 0 Å². The molecule has 0 aliphatic heterocycles. The van der Waals surface area contributed by atoms with Crippen molar-refractivity contribution in [3.8, 4) is 11.5 Å². The van der Waals surface area contributed by atoms with Gasteiger partial charge in [-0.15, -0.1) is 0 Å². The van der Waals surface area contributed by atoms with Crippen LogP contribution in [0.4, 0.5) is 23.2 Å². The van der Waals surface area contributed by atoms with Crippen molar-refractivity contribution in [3.05, 3.63) is 18.2 Å². The minimum absolute atomic E-state index is 0.00154. The molecule has 1 fully saturated rings. The van der Waals surface area contributed by atoms with Crippen molar-refractivity contribution in [2.24, 2.45) is 0 Å². The first-order chi connectivity index (χ1) is 7.26. The first-order valence-corrected chi connectivity index (χ1v) is 4.27. The predicted octanol–water partition coefficient (Wildman–Crippen LogP) is 2.01. The average molecular weight is 237 g/mol. The zero-order chi connectivity index (χ0) is 12.1. The molecule has 7 heteroatoms. The van der Waals surface area contributed by atoms with Crippen molar-refractivity contribution in [2.75, 3.05) is 5.73 Å². The van der Waals surface area contributed by atoms with Gasteiger partial charge in [0.1, 0.15) is 11.5 Å². The van der Waals surface area contributed by atoms with Crippen LogP contribution in [0.2, 0.25) is 0 Å². The standard InChI is InChI=1S/C9H7F4NO2/c10-8(11)7(9(8,12)13)16-4-1-2-5(14)6(15)3-4/h1-3,7,15H,14H2. The Morgan fingerprint density at radius 2 is 1.75 bits per heavy atom. The molecule has 1 aliphatic rings. The fourth-order valence-electron chi connectivity index (χ4n) is 1.20. The summed E-state index contributed by atoms with van der Waals surface area (Å²) in [6, 6.07) is 3.20. The van der Waals surface area contributed by atoms with Crippen molar-refractivity contribution in [1.29, 1.82) is 0 Å². The second kappa shape index (κ2) is 2.93. The highest BCUT2D eigenvalue weighted by Crippen LogP contribution is 2.58. The Kier molecular flexibility index (Phi) is 1.98. The number of anilines is 1. The maximum absolute atomic E-state index is 12.5. The number of phenols is 1.